The van der Waals surface area contributed by atoms with Crippen LogP contribution in [0.2, 0.25) is 0 Å². The molecule has 2 aromatic heterocycles. The number of likely N-dealkylation sites (tertiary alicyclic amines) is 1. The molecule has 0 aromatic carbocycles. The van der Waals surface area contributed by atoms with Gasteiger partial charge in [0.25, 0.3) is 0 Å². The molecule has 1 aliphatic rings. The molecular weight excluding hydrogens is 236 g/mol. The molecule has 2 N–H and O–H groups in total. The van der Waals surface area contributed by atoms with E-state index >= 15 is 0 Å². The van der Waals surface area contributed by atoms with Gasteiger partial charge in [-0.1, -0.05) is 0 Å². The van der Waals surface area contributed by atoms with Crippen molar-refractivity contribution in [2.75, 3.05) is 18.8 Å². The van der Waals surface area contributed by atoms with E-state index in [0.717, 1.165) is 16.7 Å². The van der Waals surface area contributed by atoms with Crippen molar-refractivity contribution >= 4 is 16.7 Å². The van der Waals surface area contributed by atoms with E-state index in [-0.39, 0.29) is 0 Å². The number of pyridine rings is 1. The molecule has 0 amide bonds. The van der Waals surface area contributed by atoms with Crippen LogP contribution < -0.4 is 5.73 Å². The molecule has 0 bridgehead atoms. The second-order valence-corrected chi connectivity index (χ2v) is 5.77. The first-order chi connectivity index (χ1) is 9.15. The molecular formula is C15H22N4. The van der Waals surface area contributed by atoms with Crippen molar-refractivity contribution in [2.24, 2.45) is 0 Å². The number of aromatic nitrogens is 2. The number of piperidine rings is 1. The highest BCUT2D eigenvalue weighted by atomic mass is 15.2. The van der Waals surface area contributed by atoms with Gasteiger partial charge < -0.3 is 15.2 Å². The molecule has 1 aliphatic heterocycles. The first kappa shape index (κ1) is 12.5. The predicted molar refractivity (Wildman–Crippen MR) is 79.1 cm³/mol. The largest absolute Gasteiger partial charge is 0.397 e. The molecule has 4 heteroatoms. The van der Waals surface area contributed by atoms with Crippen LogP contribution in [0, 0.1) is 0 Å². The van der Waals surface area contributed by atoms with Crippen LogP contribution in [0.1, 0.15) is 32.7 Å². The van der Waals surface area contributed by atoms with Crippen molar-refractivity contribution in [1.29, 1.82) is 0 Å². The fraction of sp³-hybridized carbons (Fsp3) is 0.533. The second kappa shape index (κ2) is 4.85. The molecule has 3 heterocycles. The van der Waals surface area contributed by atoms with Crippen LogP contribution in [-0.4, -0.2) is 33.6 Å². The molecule has 0 aliphatic carbocycles. The first-order valence-electron chi connectivity index (χ1n) is 7.11. The molecule has 1 saturated heterocycles. The number of fused-ring (bicyclic) bond motifs is 1. The summed E-state index contributed by atoms with van der Waals surface area (Å²) in [5.41, 5.74) is 7.59. The summed E-state index contributed by atoms with van der Waals surface area (Å²) in [6.07, 6.45) is 6.32. The van der Waals surface area contributed by atoms with Gasteiger partial charge in [0.2, 0.25) is 0 Å². The number of nitrogens with zero attached hydrogens (tertiary/aromatic N) is 3. The van der Waals surface area contributed by atoms with Gasteiger partial charge in [0.1, 0.15) is 5.65 Å². The Labute approximate surface area is 114 Å². The smallest absolute Gasteiger partial charge is 0.140 e. The van der Waals surface area contributed by atoms with Crippen molar-refractivity contribution < 1.29 is 0 Å². The Morgan fingerprint density at radius 2 is 2.05 bits per heavy atom. The van der Waals surface area contributed by atoms with E-state index < -0.39 is 0 Å². The fourth-order valence-electron chi connectivity index (χ4n) is 3.04. The summed E-state index contributed by atoms with van der Waals surface area (Å²) in [7, 11) is 0. The lowest BCUT2D eigenvalue weighted by Gasteiger charge is -2.35. The lowest BCUT2D eigenvalue weighted by molar-refractivity contribution is 0.153. The lowest BCUT2D eigenvalue weighted by Crippen LogP contribution is -2.38. The van der Waals surface area contributed by atoms with Gasteiger partial charge in [-0.25, -0.2) is 4.98 Å². The molecule has 102 valence electrons. The molecule has 0 atom stereocenters. The van der Waals surface area contributed by atoms with Crippen molar-refractivity contribution in [1.82, 2.24) is 14.5 Å². The number of nitrogen functional groups attached to an aromatic ring is 1. The summed E-state index contributed by atoms with van der Waals surface area (Å²) >= 11 is 0. The fourth-order valence-corrected chi connectivity index (χ4v) is 3.04. The third-order valence-corrected chi connectivity index (χ3v) is 4.20. The minimum atomic E-state index is 0.573. The van der Waals surface area contributed by atoms with E-state index in [9.17, 15) is 0 Å². The molecule has 2 aromatic rings. The molecule has 4 nitrogen and oxygen atoms in total. The highest BCUT2D eigenvalue weighted by molar-refractivity contribution is 5.79. The molecule has 3 rings (SSSR count). The first-order valence-corrected chi connectivity index (χ1v) is 7.11. The molecule has 0 saturated carbocycles. The molecule has 1 fully saturated rings. The van der Waals surface area contributed by atoms with E-state index in [4.69, 9.17) is 5.73 Å². The van der Waals surface area contributed by atoms with Gasteiger partial charge in [0.15, 0.2) is 0 Å². The zero-order chi connectivity index (χ0) is 13.4. The second-order valence-electron chi connectivity index (χ2n) is 5.77. The van der Waals surface area contributed by atoms with E-state index in [0.29, 0.717) is 12.1 Å². The van der Waals surface area contributed by atoms with Gasteiger partial charge in [-0.05, 0) is 38.8 Å². The van der Waals surface area contributed by atoms with Crippen LogP contribution in [-0.2, 0) is 0 Å². The van der Waals surface area contributed by atoms with Crippen molar-refractivity contribution in [3.8, 4) is 0 Å². The van der Waals surface area contributed by atoms with Gasteiger partial charge in [-0.2, -0.15) is 0 Å². The minimum Gasteiger partial charge on any atom is -0.397 e. The zero-order valence-corrected chi connectivity index (χ0v) is 11.7. The normalized spacial score (nSPS) is 18.5. The standard InChI is InChI=1S/C15H22N4/c1-11(2)18-6-4-14(5-7-18)19-8-3-12-9-13(16)10-17-15(12)19/h3,8-11,14H,4-7,16H2,1-2H3. The van der Waals surface area contributed by atoms with E-state index in [2.05, 4.69) is 40.6 Å². The van der Waals surface area contributed by atoms with Gasteiger partial charge in [0.05, 0.1) is 11.9 Å². The molecule has 19 heavy (non-hydrogen) atoms. The van der Waals surface area contributed by atoms with Crippen LogP contribution in [0.4, 0.5) is 5.69 Å². The summed E-state index contributed by atoms with van der Waals surface area (Å²) in [6.45, 7) is 6.90. The summed E-state index contributed by atoms with van der Waals surface area (Å²) in [4.78, 5) is 7.04. The minimum absolute atomic E-state index is 0.573. The Balaban J connectivity index is 1.82. The van der Waals surface area contributed by atoms with Crippen molar-refractivity contribution in [2.45, 2.75) is 38.8 Å². The zero-order valence-electron chi connectivity index (χ0n) is 11.7. The lowest BCUT2D eigenvalue weighted by atomic mass is 10.0. The summed E-state index contributed by atoms with van der Waals surface area (Å²) in [5.74, 6) is 0. The quantitative estimate of drug-likeness (QED) is 0.901. The van der Waals surface area contributed by atoms with E-state index in [1.165, 1.54) is 25.9 Å². The maximum Gasteiger partial charge on any atom is 0.140 e. The summed E-state index contributed by atoms with van der Waals surface area (Å²) in [6, 6.07) is 5.35. The highest BCUT2D eigenvalue weighted by Crippen LogP contribution is 2.28. The van der Waals surface area contributed by atoms with Crippen LogP contribution in [0.3, 0.4) is 0 Å². The summed E-state index contributed by atoms with van der Waals surface area (Å²) < 4.78 is 2.33. The van der Waals surface area contributed by atoms with Gasteiger partial charge in [-0.3, -0.25) is 0 Å². The topological polar surface area (TPSA) is 47.1 Å². The van der Waals surface area contributed by atoms with Crippen molar-refractivity contribution in [3.63, 3.8) is 0 Å². The molecule has 0 radical (unpaired) electrons. The maximum absolute atomic E-state index is 5.78. The number of rotatable bonds is 2. The molecule has 0 spiro atoms. The van der Waals surface area contributed by atoms with Gasteiger partial charge in [0, 0.05) is 36.8 Å². The van der Waals surface area contributed by atoms with Gasteiger partial charge >= 0.3 is 0 Å². The average molecular weight is 258 g/mol. The maximum atomic E-state index is 5.78. The van der Waals surface area contributed by atoms with Crippen LogP contribution in [0.15, 0.2) is 24.5 Å². The van der Waals surface area contributed by atoms with Crippen LogP contribution in [0.5, 0.6) is 0 Å². The number of anilines is 1. The van der Waals surface area contributed by atoms with E-state index in [1.54, 1.807) is 6.20 Å². The Morgan fingerprint density at radius 3 is 2.74 bits per heavy atom. The third kappa shape index (κ3) is 2.32. The number of hydrogen-bond acceptors (Lipinski definition) is 3. The van der Waals surface area contributed by atoms with E-state index in [1.807, 2.05) is 6.07 Å². The Hall–Kier alpha value is -1.55. The molecule has 0 unspecified atom stereocenters. The monoisotopic (exact) mass is 258 g/mol. The average Bonchev–Trinajstić information content (AvgIpc) is 2.81. The highest BCUT2D eigenvalue weighted by Gasteiger charge is 2.22. The third-order valence-electron chi connectivity index (χ3n) is 4.20. The number of nitrogens with two attached hydrogens (primary N) is 1. The Kier molecular flexibility index (Phi) is 3.19. The van der Waals surface area contributed by atoms with Crippen molar-refractivity contribution in [3.05, 3.63) is 24.5 Å². The SMILES string of the molecule is CC(C)N1CCC(n2ccc3cc(N)cnc32)CC1. The van der Waals surface area contributed by atoms with Crippen LogP contribution >= 0.6 is 0 Å². The summed E-state index contributed by atoms with van der Waals surface area (Å²) in [5, 5.41) is 1.14. The van der Waals surface area contributed by atoms with Crippen LogP contribution in [0.25, 0.3) is 11.0 Å². The Morgan fingerprint density at radius 1 is 1.32 bits per heavy atom. The predicted octanol–water partition coefficient (Wildman–Crippen LogP) is 2.66. The Bertz CT molecular complexity index is 565. The van der Waals surface area contributed by atoms with Gasteiger partial charge in [-0.15, -0.1) is 0 Å². The number of hydrogen-bond donors (Lipinski definition) is 1.